The van der Waals surface area contributed by atoms with Gasteiger partial charge >= 0.3 is 0 Å². The third-order valence-electron chi connectivity index (χ3n) is 3.42. The van der Waals surface area contributed by atoms with Crippen molar-refractivity contribution >= 4 is 15.9 Å². The summed E-state index contributed by atoms with van der Waals surface area (Å²) in [7, 11) is 0. The number of aromatic nitrogens is 2. The Kier molecular flexibility index (Phi) is 5.31. The lowest BCUT2D eigenvalue weighted by atomic mass is 10.0. The SMILES string of the molecule is CCNC(C)C(C)c1nc(Cc2ccc(Br)cc2)no1. The summed E-state index contributed by atoms with van der Waals surface area (Å²) in [6, 6.07) is 8.48. The molecule has 0 fully saturated rings. The van der Waals surface area contributed by atoms with Crippen LogP contribution in [0.15, 0.2) is 33.3 Å². The number of benzene rings is 1. The molecule has 108 valence electrons. The zero-order chi connectivity index (χ0) is 14.5. The fraction of sp³-hybridized carbons (Fsp3) is 0.467. The molecule has 4 nitrogen and oxygen atoms in total. The van der Waals surface area contributed by atoms with Crippen molar-refractivity contribution in [1.29, 1.82) is 0 Å². The van der Waals surface area contributed by atoms with E-state index in [0.29, 0.717) is 18.4 Å². The van der Waals surface area contributed by atoms with Crippen LogP contribution in [0.25, 0.3) is 0 Å². The van der Waals surface area contributed by atoms with Crippen LogP contribution in [-0.2, 0) is 6.42 Å². The van der Waals surface area contributed by atoms with Gasteiger partial charge in [0.15, 0.2) is 5.82 Å². The van der Waals surface area contributed by atoms with Crippen LogP contribution in [0.2, 0.25) is 0 Å². The topological polar surface area (TPSA) is 51.0 Å². The number of nitrogens with zero attached hydrogens (tertiary/aromatic N) is 2. The second kappa shape index (κ2) is 6.99. The van der Waals surface area contributed by atoms with Gasteiger partial charge in [-0.2, -0.15) is 4.98 Å². The normalized spacial score (nSPS) is 14.2. The van der Waals surface area contributed by atoms with Crippen molar-refractivity contribution in [3.05, 3.63) is 46.0 Å². The summed E-state index contributed by atoms with van der Waals surface area (Å²) in [5.74, 6) is 1.64. The molecule has 0 saturated heterocycles. The Bertz CT molecular complexity index is 538. The first-order valence-corrected chi connectivity index (χ1v) is 7.69. The first-order valence-electron chi connectivity index (χ1n) is 6.90. The number of hydrogen-bond donors (Lipinski definition) is 1. The molecule has 0 aliphatic rings. The predicted octanol–water partition coefficient (Wildman–Crippen LogP) is 3.52. The van der Waals surface area contributed by atoms with E-state index in [1.807, 2.05) is 12.1 Å². The number of halogens is 1. The molecule has 1 heterocycles. The highest BCUT2D eigenvalue weighted by molar-refractivity contribution is 9.10. The Balaban J connectivity index is 2.03. The molecular weight excluding hydrogens is 318 g/mol. The van der Waals surface area contributed by atoms with E-state index in [0.717, 1.165) is 16.8 Å². The van der Waals surface area contributed by atoms with Crippen LogP contribution >= 0.6 is 15.9 Å². The fourth-order valence-corrected chi connectivity index (χ4v) is 2.29. The third-order valence-corrected chi connectivity index (χ3v) is 3.95. The molecule has 1 aromatic carbocycles. The molecule has 2 unspecified atom stereocenters. The van der Waals surface area contributed by atoms with Gasteiger partial charge in [-0.15, -0.1) is 0 Å². The van der Waals surface area contributed by atoms with E-state index < -0.39 is 0 Å². The van der Waals surface area contributed by atoms with E-state index in [9.17, 15) is 0 Å². The predicted molar refractivity (Wildman–Crippen MR) is 82.8 cm³/mol. The lowest BCUT2D eigenvalue weighted by molar-refractivity contribution is 0.330. The molecule has 0 spiro atoms. The lowest BCUT2D eigenvalue weighted by Crippen LogP contribution is -2.30. The maximum atomic E-state index is 5.38. The average Bonchev–Trinajstić information content (AvgIpc) is 2.89. The summed E-state index contributed by atoms with van der Waals surface area (Å²) in [5, 5.41) is 7.45. The van der Waals surface area contributed by atoms with Crippen LogP contribution in [0.3, 0.4) is 0 Å². The van der Waals surface area contributed by atoms with Crippen LogP contribution in [-0.4, -0.2) is 22.7 Å². The van der Waals surface area contributed by atoms with Crippen molar-refractivity contribution in [1.82, 2.24) is 15.5 Å². The molecule has 2 aromatic rings. The second-order valence-electron chi connectivity index (χ2n) is 4.99. The first kappa shape index (κ1) is 15.2. The molecule has 0 saturated carbocycles. The molecule has 5 heteroatoms. The second-order valence-corrected chi connectivity index (χ2v) is 5.90. The smallest absolute Gasteiger partial charge is 0.231 e. The summed E-state index contributed by atoms with van der Waals surface area (Å²) in [4.78, 5) is 4.50. The highest BCUT2D eigenvalue weighted by atomic mass is 79.9. The van der Waals surface area contributed by atoms with E-state index in [2.05, 4.69) is 64.3 Å². The fourth-order valence-electron chi connectivity index (χ4n) is 2.02. The average molecular weight is 338 g/mol. The van der Waals surface area contributed by atoms with Crippen molar-refractivity contribution in [3.63, 3.8) is 0 Å². The Morgan fingerprint density at radius 3 is 2.60 bits per heavy atom. The standard InChI is InChI=1S/C15H20BrN3O/c1-4-17-11(3)10(2)15-18-14(19-20-15)9-12-5-7-13(16)8-6-12/h5-8,10-11,17H,4,9H2,1-3H3. The minimum Gasteiger partial charge on any atom is -0.339 e. The number of likely N-dealkylation sites (N-methyl/N-ethyl adjacent to an activating group) is 1. The van der Waals surface area contributed by atoms with E-state index >= 15 is 0 Å². The van der Waals surface area contributed by atoms with E-state index in [-0.39, 0.29) is 5.92 Å². The Hall–Kier alpha value is -1.20. The molecule has 0 amide bonds. The monoisotopic (exact) mass is 337 g/mol. The third kappa shape index (κ3) is 3.90. The highest BCUT2D eigenvalue weighted by Gasteiger charge is 2.19. The van der Waals surface area contributed by atoms with Gasteiger partial charge in [-0.05, 0) is 31.2 Å². The van der Waals surface area contributed by atoms with Gasteiger partial charge in [0.2, 0.25) is 5.89 Å². The van der Waals surface area contributed by atoms with Gasteiger partial charge in [-0.1, -0.05) is 47.1 Å². The Morgan fingerprint density at radius 2 is 1.95 bits per heavy atom. The van der Waals surface area contributed by atoms with Crippen LogP contribution in [0.5, 0.6) is 0 Å². The molecule has 0 aliphatic heterocycles. The molecule has 2 atom stereocenters. The van der Waals surface area contributed by atoms with Gasteiger partial charge in [0.1, 0.15) is 0 Å². The minimum atomic E-state index is 0.209. The molecule has 1 N–H and O–H groups in total. The largest absolute Gasteiger partial charge is 0.339 e. The number of nitrogens with one attached hydrogen (secondary N) is 1. The number of rotatable bonds is 6. The zero-order valence-corrected chi connectivity index (χ0v) is 13.6. The highest BCUT2D eigenvalue weighted by Crippen LogP contribution is 2.18. The maximum Gasteiger partial charge on any atom is 0.231 e. The van der Waals surface area contributed by atoms with E-state index in [1.54, 1.807) is 0 Å². The maximum absolute atomic E-state index is 5.38. The van der Waals surface area contributed by atoms with Crippen molar-refractivity contribution in [3.8, 4) is 0 Å². The van der Waals surface area contributed by atoms with Gasteiger partial charge in [-0.3, -0.25) is 0 Å². The lowest BCUT2D eigenvalue weighted by Gasteiger charge is -2.16. The van der Waals surface area contributed by atoms with Gasteiger partial charge < -0.3 is 9.84 Å². The van der Waals surface area contributed by atoms with Crippen LogP contribution in [0.1, 0.15) is 44.0 Å². The van der Waals surface area contributed by atoms with Crippen LogP contribution in [0.4, 0.5) is 0 Å². The van der Waals surface area contributed by atoms with Gasteiger partial charge in [0, 0.05) is 16.9 Å². The quantitative estimate of drug-likeness (QED) is 0.876. The molecular formula is C15H20BrN3O. The van der Waals surface area contributed by atoms with Crippen molar-refractivity contribution in [2.45, 2.75) is 39.2 Å². The molecule has 0 radical (unpaired) electrons. The van der Waals surface area contributed by atoms with Crippen LogP contribution in [0, 0.1) is 0 Å². The molecule has 0 bridgehead atoms. The summed E-state index contributed by atoms with van der Waals surface area (Å²) in [6.45, 7) is 7.26. The van der Waals surface area contributed by atoms with Gasteiger partial charge in [0.05, 0.1) is 5.92 Å². The van der Waals surface area contributed by atoms with E-state index in [4.69, 9.17) is 4.52 Å². The Morgan fingerprint density at radius 1 is 1.25 bits per heavy atom. The minimum absolute atomic E-state index is 0.209. The molecule has 20 heavy (non-hydrogen) atoms. The molecule has 0 aliphatic carbocycles. The van der Waals surface area contributed by atoms with E-state index in [1.165, 1.54) is 5.56 Å². The summed E-state index contributed by atoms with van der Waals surface area (Å²) >= 11 is 3.43. The molecule has 2 rings (SSSR count). The van der Waals surface area contributed by atoms with Crippen LogP contribution < -0.4 is 5.32 Å². The molecule has 1 aromatic heterocycles. The first-order chi connectivity index (χ1) is 9.60. The van der Waals surface area contributed by atoms with Crippen molar-refractivity contribution in [2.24, 2.45) is 0 Å². The summed E-state index contributed by atoms with van der Waals surface area (Å²) in [5.41, 5.74) is 1.17. The number of hydrogen-bond acceptors (Lipinski definition) is 4. The summed E-state index contributed by atoms with van der Waals surface area (Å²) < 4.78 is 6.45. The Labute approximate surface area is 128 Å². The van der Waals surface area contributed by atoms with Gasteiger partial charge in [-0.25, -0.2) is 0 Å². The van der Waals surface area contributed by atoms with Gasteiger partial charge in [0.25, 0.3) is 0 Å². The zero-order valence-electron chi connectivity index (χ0n) is 12.1. The van der Waals surface area contributed by atoms with Crippen molar-refractivity contribution < 1.29 is 4.52 Å². The summed E-state index contributed by atoms with van der Waals surface area (Å²) in [6.07, 6.45) is 0.694. The van der Waals surface area contributed by atoms with Crippen molar-refractivity contribution in [2.75, 3.05) is 6.54 Å².